The first-order valence-corrected chi connectivity index (χ1v) is 8.00. The highest BCUT2D eigenvalue weighted by atomic mass is 32.2. The van der Waals surface area contributed by atoms with Crippen molar-refractivity contribution in [1.29, 1.82) is 0 Å². The molecule has 0 spiro atoms. The van der Waals surface area contributed by atoms with Gasteiger partial charge in [-0.05, 0) is 30.7 Å². The van der Waals surface area contributed by atoms with E-state index in [-0.39, 0.29) is 5.91 Å². The molecule has 0 saturated carbocycles. The van der Waals surface area contributed by atoms with Crippen LogP contribution in [0.3, 0.4) is 0 Å². The second kappa shape index (κ2) is 7.47. The lowest BCUT2D eigenvalue weighted by Crippen LogP contribution is -2.27. The highest BCUT2D eigenvalue weighted by molar-refractivity contribution is 8.26. The van der Waals surface area contributed by atoms with Gasteiger partial charge in [0.25, 0.3) is 5.91 Å². The number of carbonyl (C=O) groups excluding carboxylic acids is 1. The Hall–Kier alpha value is -1.79. The van der Waals surface area contributed by atoms with E-state index in [9.17, 15) is 4.79 Å². The third-order valence-electron chi connectivity index (χ3n) is 2.97. The van der Waals surface area contributed by atoms with E-state index in [0.717, 1.165) is 5.56 Å². The fourth-order valence-electron chi connectivity index (χ4n) is 1.99. The summed E-state index contributed by atoms with van der Waals surface area (Å²) in [6.07, 6.45) is 3.47. The number of thioether (sulfide) groups is 1. The van der Waals surface area contributed by atoms with Crippen molar-refractivity contribution in [3.8, 4) is 11.5 Å². The Morgan fingerprint density at radius 1 is 1.41 bits per heavy atom. The quantitative estimate of drug-likeness (QED) is 0.452. The number of rotatable bonds is 6. The molecule has 0 aliphatic carbocycles. The first kappa shape index (κ1) is 16.6. The second-order valence-electron chi connectivity index (χ2n) is 4.42. The number of carbonyl (C=O) groups is 1. The van der Waals surface area contributed by atoms with Crippen LogP contribution < -0.4 is 9.47 Å². The third-order valence-corrected chi connectivity index (χ3v) is 4.35. The Kier molecular flexibility index (Phi) is 5.63. The molecule has 1 aliphatic rings. The highest BCUT2D eigenvalue weighted by Crippen LogP contribution is 2.34. The number of nitrogens with zero attached hydrogens (tertiary/aromatic N) is 1. The molecule has 1 heterocycles. The van der Waals surface area contributed by atoms with Crippen LogP contribution in [-0.2, 0) is 4.79 Å². The maximum absolute atomic E-state index is 12.3. The van der Waals surface area contributed by atoms with E-state index in [1.54, 1.807) is 19.3 Å². The van der Waals surface area contributed by atoms with Crippen molar-refractivity contribution in [2.75, 3.05) is 20.3 Å². The molecule has 1 aliphatic heterocycles. The molecule has 1 fully saturated rings. The largest absolute Gasteiger partial charge is 0.493 e. The normalized spacial score (nSPS) is 16.3. The summed E-state index contributed by atoms with van der Waals surface area (Å²) in [7, 11) is 1.59. The van der Waals surface area contributed by atoms with E-state index in [1.807, 2.05) is 25.1 Å². The monoisotopic (exact) mass is 335 g/mol. The zero-order chi connectivity index (χ0) is 16.1. The summed E-state index contributed by atoms with van der Waals surface area (Å²) >= 11 is 6.51. The maximum atomic E-state index is 12.3. The Morgan fingerprint density at radius 3 is 2.82 bits per heavy atom. The van der Waals surface area contributed by atoms with Crippen LogP contribution in [0.2, 0.25) is 0 Å². The van der Waals surface area contributed by atoms with Crippen LogP contribution in [0, 0.1) is 0 Å². The van der Waals surface area contributed by atoms with Gasteiger partial charge in [0.1, 0.15) is 4.32 Å². The Bertz CT molecular complexity index is 640. The van der Waals surface area contributed by atoms with Crippen LogP contribution in [0.4, 0.5) is 0 Å². The van der Waals surface area contributed by atoms with Gasteiger partial charge in [0.2, 0.25) is 0 Å². The molecule has 1 amide bonds. The molecule has 116 valence electrons. The molecular formula is C16H17NO3S2. The third kappa shape index (κ3) is 3.51. The van der Waals surface area contributed by atoms with Crippen molar-refractivity contribution in [2.45, 2.75) is 6.92 Å². The molecule has 6 heteroatoms. The fourth-order valence-corrected chi connectivity index (χ4v) is 3.26. The van der Waals surface area contributed by atoms with Gasteiger partial charge in [-0.3, -0.25) is 9.69 Å². The number of ether oxygens (including phenoxy) is 2. The zero-order valence-corrected chi connectivity index (χ0v) is 14.1. The summed E-state index contributed by atoms with van der Waals surface area (Å²) in [6.45, 7) is 6.54. The van der Waals surface area contributed by atoms with Crippen molar-refractivity contribution in [3.63, 3.8) is 0 Å². The molecule has 0 radical (unpaired) electrons. The Labute approximate surface area is 139 Å². The first-order valence-electron chi connectivity index (χ1n) is 6.77. The predicted octanol–water partition coefficient (Wildman–Crippen LogP) is 3.48. The average Bonchev–Trinajstić information content (AvgIpc) is 2.77. The van der Waals surface area contributed by atoms with Gasteiger partial charge < -0.3 is 9.47 Å². The molecule has 22 heavy (non-hydrogen) atoms. The summed E-state index contributed by atoms with van der Waals surface area (Å²) < 4.78 is 11.3. The van der Waals surface area contributed by atoms with Gasteiger partial charge in [-0.1, -0.05) is 36.1 Å². The number of benzene rings is 1. The van der Waals surface area contributed by atoms with Crippen molar-refractivity contribution < 1.29 is 14.3 Å². The number of thiocarbonyl (C=S) groups is 1. The van der Waals surface area contributed by atoms with E-state index < -0.39 is 0 Å². The lowest BCUT2D eigenvalue weighted by atomic mass is 10.2. The number of hydrogen-bond acceptors (Lipinski definition) is 5. The standard InChI is InChI=1S/C16H17NO3S2/c1-4-8-17-15(18)14(22-16(17)21)10-11-6-7-12(20-5-2)13(9-11)19-3/h4,6-7,9-10H,1,5,8H2,2-3H3/b14-10-. The van der Waals surface area contributed by atoms with Crippen LogP contribution in [0.25, 0.3) is 6.08 Å². The molecular weight excluding hydrogens is 318 g/mol. The topological polar surface area (TPSA) is 38.8 Å². The minimum absolute atomic E-state index is 0.0947. The molecule has 1 aromatic rings. The maximum Gasteiger partial charge on any atom is 0.266 e. The van der Waals surface area contributed by atoms with Crippen LogP contribution in [0.15, 0.2) is 35.8 Å². The highest BCUT2D eigenvalue weighted by Gasteiger charge is 2.30. The molecule has 0 bridgehead atoms. The van der Waals surface area contributed by atoms with Crippen molar-refractivity contribution in [1.82, 2.24) is 4.90 Å². The van der Waals surface area contributed by atoms with Gasteiger partial charge in [-0.15, -0.1) is 6.58 Å². The smallest absolute Gasteiger partial charge is 0.266 e. The SMILES string of the molecule is C=CCN1C(=O)/C(=C/c2ccc(OCC)c(OC)c2)SC1=S. The lowest BCUT2D eigenvalue weighted by molar-refractivity contribution is -0.121. The Balaban J connectivity index is 2.28. The van der Waals surface area contributed by atoms with E-state index in [0.29, 0.717) is 33.9 Å². The van der Waals surface area contributed by atoms with Crippen LogP contribution in [0.1, 0.15) is 12.5 Å². The van der Waals surface area contributed by atoms with Crippen molar-refractivity contribution >= 4 is 40.3 Å². The van der Waals surface area contributed by atoms with E-state index >= 15 is 0 Å². The van der Waals surface area contributed by atoms with E-state index in [4.69, 9.17) is 21.7 Å². The van der Waals surface area contributed by atoms with Crippen molar-refractivity contribution in [2.24, 2.45) is 0 Å². The number of hydrogen-bond donors (Lipinski definition) is 0. The van der Waals surface area contributed by atoms with Gasteiger partial charge in [-0.2, -0.15) is 0 Å². The molecule has 0 N–H and O–H groups in total. The molecule has 0 unspecified atom stereocenters. The van der Waals surface area contributed by atoms with Gasteiger partial charge in [-0.25, -0.2) is 0 Å². The summed E-state index contributed by atoms with van der Waals surface area (Å²) in [4.78, 5) is 14.4. The van der Waals surface area contributed by atoms with Gasteiger partial charge in [0.15, 0.2) is 11.5 Å². The molecule has 2 rings (SSSR count). The van der Waals surface area contributed by atoms with Gasteiger partial charge in [0.05, 0.1) is 18.6 Å². The predicted molar refractivity (Wildman–Crippen MR) is 94.2 cm³/mol. The van der Waals surface area contributed by atoms with E-state index in [2.05, 4.69) is 6.58 Å². The van der Waals surface area contributed by atoms with E-state index in [1.165, 1.54) is 16.7 Å². The number of methoxy groups -OCH3 is 1. The van der Waals surface area contributed by atoms with Gasteiger partial charge in [0, 0.05) is 6.54 Å². The molecule has 1 saturated heterocycles. The molecule has 4 nitrogen and oxygen atoms in total. The number of amides is 1. The second-order valence-corrected chi connectivity index (χ2v) is 6.10. The first-order chi connectivity index (χ1) is 10.6. The summed E-state index contributed by atoms with van der Waals surface area (Å²) in [5.41, 5.74) is 0.861. The summed E-state index contributed by atoms with van der Waals surface area (Å²) in [5.74, 6) is 1.22. The molecule has 0 atom stereocenters. The average molecular weight is 335 g/mol. The minimum atomic E-state index is -0.0947. The van der Waals surface area contributed by atoms with Crippen LogP contribution in [-0.4, -0.2) is 35.4 Å². The summed E-state index contributed by atoms with van der Waals surface area (Å²) in [6, 6.07) is 5.55. The summed E-state index contributed by atoms with van der Waals surface area (Å²) in [5, 5.41) is 0. The van der Waals surface area contributed by atoms with Gasteiger partial charge >= 0.3 is 0 Å². The molecule has 1 aromatic carbocycles. The van der Waals surface area contributed by atoms with Crippen LogP contribution >= 0.6 is 24.0 Å². The Morgan fingerprint density at radius 2 is 2.18 bits per heavy atom. The zero-order valence-electron chi connectivity index (χ0n) is 12.5. The van der Waals surface area contributed by atoms with Crippen LogP contribution in [0.5, 0.6) is 11.5 Å². The minimum Gasteiger partial charge on any atom is -0.493 e. The molecule has 0 aromatic heterocycles. The fraction of sp³-hybridized carbons (Fsp3) is 0.250. The lowest BCUT2D eigenvalue weighted by Gasteiger charge is -2.10. The van der Waals surface area contributed by atoms with Crippen molar-refractivity contribution in [3.05, 3.63) is 41.3 Å².